The summed E-state index contributed by atoms with van der Waals surface area (Å²) in [7, 11) is 0. The Morgan fingerprint density at radius 1 is 0.800 bits per heavy atom. The van der Waals surface area contributed by atoms with Gasteiger partial charge in [0.1, 0.15) is 5.75 Å². The lowest BCUT2D eigenvalue weighted by Crippen LogP contribution is -1.86. The number of pyridine rings is 1. The maximum Gasteiger partial charge on any atom is 0.262 e. The van der Waals surface area contributed by atoms with Crippen molar-refractivity contribution in [2.45, 2.75) is 41.5 Å². The van der Waals surface area contributed by atoms with Crippen LogP contribution in [0.2, 0.25) is 0 Å². The predicted octanol–water partition coefficient (Wildman–Crippen LogP) is 5.66. The van der Waals surface area contributed by atoms with Crippen LogP contribution in [-0.4, -0.2) is 10.1 Å². The first-order chi connectivity index (χ1) is 9.86. The number of para-hydroxylation sites is 1. The van der Waals surface area contributed by atoms with Gasteiger partial charge in [0.05, 0.1) is 0 Å². The molecule has 1 aromatic carbocycles. The summed E-state index contributed by atoms with van der Waals surface area (Å²) in [5.74, 6) is 0.913. The first-order valence-electron chi connectivity index (χ1n) is 7.23. The Morgan fingerprint density at radius 2 is 1.35 bits per heavy atom. The van der Waals surface area contributed by atoms with Gasteiger partial charge in [-0.3, -0.25) is 0 Å². The van der Waals surface area contributed by atoms with Gasteiger partial charge in [-0.2, -0.15) is 0 Å². The fourth-order valence-electron chi connectivity index (χ4n) is 1.06. The molecule has 0 amide bonds. The molecule has 0 aliphatic heterocycles. The van der Waals surface area contributed by atoms with E-state index in [9.17, 15) is 5.11 Å². The molecule has 0 spiro atoms. The molecular formula is C17H27NO2. The monoisotopic (exact) mass is 277 g/mol. The smallest absolute Gasteiger partial charge is 0.262 e. The third-order valence-electron chi connectivity index (χ3n) is 1.71. The number of hydrogen-bond acceptors (Lipinski definition) is 3. The highest BCUT2D eigenvalue weighted by atomic mass is 16.5. The van der Waals surface area contributed by atoms with E-state index in [-0.39, 0.29) is 11.6 Å². The maximum absolute atomic E-state index is 9.38. The van der Waals surface area contributed by atoms with E-state index in [0.717, 1.165) is 0 Å². The lowest BCUT2D eigenvalue weighted by atomic mass is 10.3. The van der Waals surface area contributed by atoms with Crippen LogP contribution in [0.5, 0.6) is 17.4 Å². The normalized spacial score (nSPS) is 7.70. The van der Waals surface area contributed by atoms with Crippen molar-refractivity contribution in [3.63, 3.8) is 0 Å². The molecule has 0 aliphatic carbocycles. The average Bonchev–Trinajstić information content (AvgIpc) is 2.56. The molecule has 1 N–H and O–H groups in total. The largest absolute Gasteiger partial charge is 0.503 e. The third-order valence-corrected chi connectivity index (χ3v) is 1.71. The van der Waals surface area contributed by atoms with Crippen molar-refractivity contribution in [1.29, 1.82) is 0 Å². The fraction of sp³-hybridized carbons (Fsp3) is 0.353. The molecule has 20 heavy (non-hydrogen) atoms. The summed E-state index contributed by atoms with van der Waals surface area (Å²) in [5.41, 5.74) is 0. The standard InChI is InChI=1S/C11H9NO2.3C2H6/c13-10-7-4-8-12-11(10)14-9-5-2-1-3-6-9;3*1-2/h1-8,13H;3*1-2H3. The second kappa shape index (κ2) is 15.0. The topological polar surface area (TPSA) is 42.4 Å². The zero-order valence-electron chi connectivity index (χ0n) is 13.4. The van der Waals surface area contributed by atoms with E-state index >= 15 is 0 Å². The maximum atomic E-state index is 9.38. The van der Waals surface area contributed by atoms with Crippen LogP contribution in [-0.2, 0) is 0 Å². The van der Waals surface area contributed by atoms with Gasteiger partial charge in [0.15, 0.2) is 5.75 Å². The van der Waals surface area contributed by atoms with Crippen molar-refractivity contribution >= 4 is 0 Å². The first-order valence-corrected chi connectivity index (χ1v) is 7.23. The Labute approximate surface area is 123 Å². The van der Waals surface area contributed by atoms with Crippen LogP contribution in [0.15, 0.2) is 48.7 Å². The van der Waals surface area contributed by atoms with E-state index in [1.54, 1.807) is 24.4 Å². The second-order valence-electron chi connectivity index (χ2n) is 2.74. The summed E-state index contributed by atoms with van der Waals surface area (Å²) < 4.78 is 5.35. The van der Waals surface area contributed by atoms with E-state index < -0.39 is 0 Å². The second-order valence-corrected chi connectivity index (χ2v) is 2.74. The van der Waals surface area contributed by atoms with Crippen molar-refractivity contribution in [1.82, 2.24) is 4.98 Å². The van der Waals surface area contributed by atoms with Gasteiger partial charge < -0.3 is 9.84 Å². The van der Waals surface area contributed by atoms with Crippen LogP contribution in [0.1, 0.15) is 41.5 Å². The zero-order chi connectivity index (χ0) is 15.8. The summed E-state index contributed by atoms with van der Waals surface area (Å²) >= 11 is 0. The molecule has 3 nitrogen and oxygen atoms in total. The molecule has 0 bridgehead atoms. The first kappa shape index (κ1) is 20.3. The Morgan fingerprint density at radius 3 is 1.85 bits per heavy atom. The minimum Gasteiger partial charge on any atom is -0.503 e. The minimum absolute atomic E-state index is 0.0383. The summed E-state index contributed by atoms with van der Waals surface area (Å²) in [6, 6.07) is 12.4. The van der Waals surface area contributed by atoms with E-state index in [4.69, 9.17) is 4.74 Å². The Kier molecular flexibility index (Phi) is 15.2. The number of hydrogen-bond donors (Lipinski definition) is 1. The van der Waals surface area contributed by atoms with Crippen molar-refractivity contribution in [3.05, 3.63) is 48.7 Å². The van der Waals surface area contributed by atoms with Gasteiger partial charge in [-0.25, -0.2) is 4.98 Å². The highest BCUT2D eigenvalue weighted by Crippen LogP contribution is 2.26. The van der Waals surface area contributed by atoms with Crippen molar-refractivity contribution < 1.29 is 9.84 Å². The molecule has 1 aromatic heterocycles. The zero-order valence-corrected chi connectivity index (χ0v) is 13.4. The molecule has 0 aliphatic rings. The highest BCUT2D eigenvalue weighted by Gasteiger charge is 2.02. The molecule has 0 saturated carbocycles. The molecule has 0 fully saturated rings. The molecule has 0 unspecified atom stereocenters. The van der Waals surface area contributed by atoms with Crippen LogP contribution in [0.25, 0.3) is 0 Å². The van der Waals surface area contributed by atoms with Crippen LogP contribution >= 0.6 is 0 Å². The van der Waals surface area contributed by atoms with E-state index in [2.05, 4.69) is 4.98 Å². The average molecular weight is 277 g/mol. The third kappa shape index (κ3) is 8.14. The fourth-order valence-corrected chi connectivity index (χ4v) is 1.06. The number of rotatable bonds is 2. The van der Waals surface area contributed by atoms with Gasteiger partial charge in [0.2, 0.25) is 0 Å². The molecule has 3 heteroatoms. The molecule has 112 valence electrons. The lowest BCUT2D eigenvalue weighted by molar-refractivity contribution is 0.397. The SMILES string of the molecule is CC.CC.CC.Oc1cccnc1Oc1ccccc1. The Bertz CT molecular complexity index is 416. The number of aromatic hydroxyl groups is 1. The highest BCUT2D eigenvalue weighted by molar-refractivity contribution is 5.35. The van der Waals surface area contributed by atoms with Crippen molar-refractivity contribution in [3.8, 4) is 17.4 Å². The molecule has 0 atom stereocenters. The lowest BCUT2D eigenvalue weighted by Gasteiger charge is -2.04. The number of benzene rings is 1. The molecule has 2 rings (SSSR count). The van der Waals surface area contributed by atoms with Crippen LogP contribution in [0, 0.1) is 0 Å². The molecular weight excluding hydrogens is 250 g/mol. The molecule has 2 aromatic rings. The molecule has 1 heterocycles. The van der Waals surface area contributed by atoms with Gasteiger partial charge in [-0.1, -0.05) is 59.7 Å². The molecule has 0 radical (unpaired) electrons. The predicted molar refractivity (Wildman–Crippen MR) is 86.5 cm³/mol. The van der Waals surface area contributed by atoms with Gasteiger partial charge in [0, 0.05) is 6.20 Å². The van der Waals surface area contributed by atoms with Crippen LogP contribution in [0.3, 0.4) is 0 Å². The van der Waals surface area contributed by atoms with Crippen LogP contribution in [0.4, 0.5) is 0 Å². The summed E-state index contributed by atoms with van der Waals surface area (Å²) in [5, 5.41) is 9.38. The number of ether oxygens (including phenoxy) is 1. The number of aromatic nitrogens is 1. The van der Waals surface area contributed by atoms with Gasteiger partial charge in [-0.05, 0) is 24.3 Å². The molecule has 0 saturated heterocycles. The Hall–Kier alpha value is -2.03. The summed E-state index contributed by atoms with van der Waals surface area (Å²) in [4.78, 5) is 3.90. The van der Waals surface area contributed by atoms with Gasteiger partial charge in [-0.15, -0.1) is 0 Å². The quantitative estimate of drug-likeness (QED) is 0.770. The summed E-state index contributed by atoms with van der Waals surface area (Å²) in [6.45, 7) is 12.0. The van der Waals surface area contributed by atoms with E-state index in [0.29, 0.717) is 5.75 Å². The van der Waals surface area contributed by atoms with E-state index in [1.807, 2.05) is 59.7 Å². The van der Waals surface area contributed by atoms with Crippen molar-refractivity contribution in [2.75, 3.05) is 0 Å². The van der Waals surface area contributed by atoms with E-state index in [1.165, 1.54) is 6.07 Å². The van der Waals surface area contributed by atoms with Gasteiger partial charge >= 0.3 is 0 Å². The van der Waals surface area contributed by atoms with Crippen molar-refractivity contribution in [2.24, 2.45) is 0 Å². The summed E-state index contributed by atoms with van der Waals surface area (Å²) in [6.07, 6.45) is 1.57. The van der Waals surface area contributed by atoms with Crippen LogP contribution < -0.4 is 4.74 Å². The van der Waals surface area contributed by atoms with Gasteiger partial charge in [0.25, 0.3) is 5.88 Å². The number of nitrogens with zero attached hydrogens (tertiary/aromatic N) is 1. The Balaban J connectivity index is 0. The minimum atomic E-state index is 0.0383.